The molecule has 1 aliphatic rings. The summed E-state index contributed by atoms with van der Waals surface area (Å²) in [4.78, 5) is 39.0. The number of halogens is 1. The molecule has 30 heavy (non-hydrogen) atoms. The first-order valence-electron chi connectivity index (χ1n) is 9.28. The summed E-state index contributed by atoms with van der Waals surface area (Å²) in [6, 6.07) is 22.4. The average Bonchev–Trinajstić information content (AvgIpc) is 3.00. The van der Waals surface area contributed by atoms with Crippen LogP contribution in [0.3, 0.4) is 0 Å². The monoisotopic (exact) mass is 416 g/mol. The third-order valence-electron chi connectivity index (χ3n) is 4.81. The van der Waals surface area contributed by atoms with E-state index in [2.05, 4.69) is 5.43 Å². The lowest BCUT2D eigenvalue weighted by Crippen LogP contribution is -2.46. The Balaban J connectivity index is 1.77. The number of benzene rings is 3. The second-order valence-corrected chi connectivity index (χ2v) is 7.31. The fraction of sp³-hybridized carbons (Fsp3) is 0.0417. The molecule has 3 amide bonds. The predicted octanol–water partition coefficient (Wildman–Crippen LogP) is 4.27. The molecule has 0 aromatic heterocycles. The van der Waals surface area contributed by atoms with Gasteiger partial charge in [-0.1, -0.05) is 71.8 Å². The van der Waals surface area contributed by atoms with Crippen LogP contribution in [0, 0.1) is 6.92 Å². The molecular weight excluding hydrogens is 400 g/mol. The number of nitrogens with one attached hydrogen (secondary N) is 1. The Hall–Kier alpha value is -3.70. The van der Waals surface area contributed by atoms with Crippen LogP contribution in [0.2, 0.25) is 5.02 Å². The minimum atomic E-state index is -0.595. The van der Waals surface area contributed by atoms with Crippen molar-refractivity contribution in [2.75, 3.05) is 0 Å². The molecule has 0 radical (unpaired) electrons. The van der Waals surface area contributed by atoms with Crippen molar-refractivity contribution < 1.29 is 14.4 Å². The Morgan fingerprint density at radius 3 is 1.80 bits per heavy atom. The van der Waals surface area contributed by atoms with Gasteiger partial charge in [0, 0.05) is 10.6 Å². The van der Waals surface area contributed by atoms with Gasteiger partial charge in [-0.25, -0.2) is 0 Å². The molecule has 1 heterocycles. The number of carbonyl (C=O) groups excluding carboxylic acids is 3. The summed E-state index contributed by atoms with van der Waals surface area (Å²) < 4.78 is 0. The van der Waals surface area contributed by atoms with E-state index in [9.17, 15) is 14.4 Å². The molecule has 3 aromatic carbocycles. The third kappa shape index (κ3) is 3.63. The lowest BCUT2D eigenvalue weighted by molar-refractivity contribution is -0.138. The lowest BCUT2D eigenvalue weighted by Gasteiger charge is -2.16. The van der Waals surface area contributed by atoms with Crippen LogP contribution in [0.5, 0.6) is 0 Å². The Labute approximate surface area is 178 Å². The number of hydrazine groups is 1. The van der Waals surface area contributed by atoms with Gasteiger partial charge in [0.15, 0.2) is 0 Å². The van der Waals surface area contributed by atoms with Crippen molar-refractivity contribution in [2.24, 2.45) is 0 Å². The van der Waals surface area contributed by atoms with E-state index < -0.39 is 17.7 Å². The van der Waals surface area contributed by atoms with E-state index in [0.29, 0.717) is 21.7 Å². The van der Waals surface area contributed by atoms with Crippen LogP contribution in [0.1, 0.15) is 27.0 Å². The van der Waals surface area contributed by atoms with Gasteiger partial charge in [0.25, 0.3) is 17.7 Å². The first-order valence-corrected chi connectivity index (χ1v) is 9.65. The normalized spacial score (nSPS) is 13.7. The molecule has 0 atom stereocenters. The maximum atomic E-state index is 13.2. The molecule has 148 valence electrons. The molecule has 0 unspecified atom stereocenters. The number of amides is 3. The molecule has 1 aliphatic heterocycles. The number of nitrogens with zero attached hydrogens (tertiary/aromatic N) is 1. The van der Waals surface area contributed by atoms with E-state index in [1.165, 1.54) is 0 Å². The van der Waals surface area contributed by atoms with Crippen LogP contribution < -0.4 is 5.43 Å². The van der Waals surface area contributed by atoms with Crippen LogP contribution >= 0.6 is 11.6 Å². The molecule has 0 fully saturated rings. The van der Waals surface area contributed by atoms with E-state index in [0.717, 1.165) is 10.6 Å². The summed E-state index contributed by atoms with van der Waals surface area (Å²) in [5.74, 6) is -1.72. The summed E-state index contributed by atoms with van der Waals surface area (Å²) in [6.07, 6.45) is 0. The van der Waals surface area contributed by atoms with Crippen molar-refractivity contribution in [1.29, 1.82) is 0 Å². The molecule has 0 aliphatic carbocycles. The van der Waals surface area contributed by atoms with E-state index in [-0.39, 0.29) is 11.1 Å². The Kier molecular flexibility index (Phi) is 5.21. The molecule has 4 rings (SSSR count). The highest BCUT2D eigenvalue weighted by molar-refractivity contribution is 6.49. The SMILES string of the molecule is Cc1ccc(C2=C(c3ccc(Cl)cc3)C(=O)N(NC(=O)c3ccccc3)C2=O)cc1. The zero-order chi connectivity index (χ0) is 21.3. The molecule has 0 spiro atoms. The summed E-state index contributed by atoms with van der Waals surface area (Å²) in [6.45, 7) is 1.94. The third-order valence-corrected chi connectivity index (χ3v) is 5.06. The van der Waals surface area contributed by atoms with E-state index >= 15 is 0 Å². The number of imide groups is 1. The van der Waals surface area contributed by atoms with Gasteiger partial charge in [0.05, 0.1) is 11.1 Å². The van der Waals surface area contributed by atoms with E-state index in [1.807, 2.05) is 19.1 Å². The largest absolute Gasteiger partial charge is 0.281 e. The van der Waals surface area contributed by atoms with Gasteiger partial charge >= 0.3 is 0 Å². The summed E-state index contributed by atoms with van der Waals surface area (Å²) in [7, 11) is 0. The van der Waals surface area contributed by atoms with Crippen LogP contribution in [0.25, 0.3) is 11.1 Å². The van der Waals surface area contributed by atoms with Crippen LogP contribution in [0.4, 0.5) is 0 Å². The number of hydrogen-bond donors (Lipinski definition) is 1. The minimum Gasteiger partial charge on any atom is -0.267 e. The van der Waals surface area contributed by atoms with Gasteiger partial charge in [0.1, 0.15) is 0 Å². The molecular formula is C24H17ClN2O3. The van der Waals surface area contributed by atoms with Crippen molar-refractivity contribution in [2.45, 2.75) is 6.92 Å². The topological polar surface area (TPSA) is 66.5 Å². The standard InChI is InChI=1S/C24H17ClN2O3/c1-15-7-9-16(10-8-15)20-21(17-11-13-19(25)14-12-17)24(30)27(23(20)29)26-22(28)18-5-3-2-4-6-18/h2-14H,1H3,(H,26,28). The zero-order valence-corrected chi connectivity index (χ0v) is 16.8. The van der Waals surface area contributed by atoms with Gasteiger partial charge in [-0.3, -0.25) is 19.8 Å². The van der Waals surface area contributed by atoms with E-state index in [1.54, 1.807) is 66.7 Å². The Bertz CT molecular complexity index is 1100. The minimum absolute atomic E-state index is 0.217. The van der Waals surface area contributed by atoms with E-state index in [4.69, 9.17) is 11.6 Å². The molecule has 0 saturated carbocycles. The summed E-state index contributed by atoms with van der Waals surface area (Å²) >= 11 is 5.98. The van der Waals surface area contributed by atoms with Gasteiger partial charge in [0.2, 0.25) is 0 Å². The van der Waals surface area contributed by atoms with Gasteiger partial charge in [-0.2, -0.15) is 5.01 Å². The van der Waals surface area contributed by atoms with Crippen LogP contribution in [-0.2, 0) is 9.59 Å². The second kappa shape index (κ2) is 7.97. The summed E-state index contributed by atoms with van der Waals surface area (Å²) in [5.41, 5.74) is 5.41. The van der Waals surface area contributed by atoms with Crippen LogP contribution in [-0.4, -0.2) is 22.7 Å². The predicted molar refractivity (Wildman–Crippen MR) is 115 cm³/mol. The molecule has 0 bridgehead atoms. The van der Waals surface area contributed by atoms with Crippen molar-refractivity contribution in [1.82, 2.24) is 10.4 Å². The maximum Gasteiger partial charge on any atom is 0.281 e. The maximum absolute atomic E-state index is 13.2. The Morgan fingerprint density at radius 2 is 1.27 bits per heavy atom. The molecule has 3 aromatic rings. The number of hydrogen-bond acceptors (Lipinski definition) is 3. The summed E-state index contributed by atoms with van der Waals surface area (Å²) in [5, 5.41) is 1.29. The van der Waals surface area contributed by atoms with Crippen molar-refractivity contribution >= 4 is 40.5 Å². The van der Waals surface area contributed by atoms with Gasteiger partial charge in [-0.05, 0) is 42.3 Å². The lowest BCUT2D eigenvalue weighted by atomic mass is 9.96. The number of carbonyl (C=O) groups is 3. The van der Waals surface area contributed by atoms with Crippen molar-refractivity contribution in [3.05, 3.63) is 106 Å². The quantitative estimate of drug-likeness (QED) is 0.646. The zero-order valence-electron chi connectivity index (χ0n) is 16.1. The van der Waals surface area contributed by atoms with Crippen molar-refractivity contribution in [3.8, 4) is 0 Å². The first kappa shape index (κ1) is 19.6. The first-order chi connectivity index (χ1) is 14.5. The number of rotatable bonds is 4. The van der Waals surface area contributed by atoms with Gasteiger partial charge < -0.3 is 0 Å². The fourth-order valence-corrected chi connectivity index (χ4v) is 3.39. The Morgan fingerprint density at radius 1 is 0.767 bits per heavy atom. The smallest absolute Gasteiger partial charge is 0.267 e. The highest BCUT2D eigenvalue weighted by Gasteiger charge is 2.40. The van der Waals surface area contributed by atoms with Gasteiger partial charge in [-0.15, -0.1) is 0 Å². The number of aryl methyl sites for hydroxylation is 1. The molecule has 0 saturated heterocycles. The second-order valence-electron chi connectivity index (χ2n) is 6.88. The molecule has 5 nitrogen and oxygen atoms in total. The fourth-order valence-electron chi connectivity index (χ4n) is 3.26. The molecule has 6 heteroatoms. The van der Waals surface area contributed by atoms with Crippen molar-refractivity contribution in [3.63, 3.8) is 0 Å². The highest BCUT2D eigenvalue weighted by Crippen LogP contribution is 2.35. The van der Waals surface area contributed by atoms with Crippen LogP contribution in [0.15, 0.2) is 78.9 Å². The average molecular weight is 417 g/mol. The molecule has 1 N–H and O–H groups in total. The highest BCUT2D eigenvalue weighted by atomic mass is 35.5.